The Morgan fingerprint density at radius 3 is 1.95 bits per heavy atom. The molecular weight excluding hydrogens is 264 g/mol. The molecule has 0 fully saturated rings. The molecule has 0 amide bonds. The van der Waals surface area contributed by atoms with Crippen LogP contribution in [0.2, 0.25) is 0 Å². The van der Waals surface area contributed by atoms with E-state index < -0.39 is 6.10 Å². The van der Waals surface area contributed by atoms with Gasteiger partial charge in [0, 0.05) is 0 Å². The molecule has 2 aromatic rings. The van der Waals surface area contributed by atoms with Crippen LogP contribution in [0.25, 0.3) is 0 Å². The monoisotopic (exact) mass is 286 g/mol. The molecule has 0 heterocycles. The van der Waals surface area contributed by atoms with Crippen LogP contribution in [-0.2, 0) is 0 Å². The van der Waals surface area contributed by atoms with Gasteiger partial charge in [-0.25, -0.2) is 0 Å². The molecule has 21 heavy (non-hydrogen) atoms. The van der Waals surface area contributed by atoms with Crippen molar-refractivity contribution in [2.75, 3.05) is 6.61 Å². The molecule has 0 aliphatic rings. The summed E-state index contributed by atoms with van der Waals surface area (Å²) in [5.41, 5.74) is -0.184. The number of aliphatic hydroxyl groups is 1. The zero-order valence-corrected chi connectivity index (χ0v) is 12.7. The standard InChI is InChI=1S/C18H22O3/c1-18(2,3)17(19)13-20-14-9-11-16(12-10-14)21-15-7-5-4-6-8-15/h4-12,17,19H,13H2,1-3H3. The second kappa shape index (κ2) is 6.64. The third kappa shape index (κ3) is 4.80. The van der Waals surface area contributed by atoms with Crippen molar-refractivity contribution >= 4 is 0 Å². The van der Waals surface area contributed by atoms with Gasteiger partial charge in [-0.1, -0.05) is 39.0 Å². The second-order valence-electron chi connectivity index (χ2n) is 6.08. The number of benzene rings is 2. The normalized spacial score (nSPS) is 12.8. The van der Waals surface area contributed by atoms with Crippen molar-refractivity contribution in [3.8, 4) is 17.2 Å². The van der Waals surface area contributed by atoms with Gasteiger partial charge in [-0.05, 0) is 41.8 Å². The Bertz CT molecular complexity index is 541. The summed E-state index contributed by atoms with van der Waals surface area (Å²) >= 11 is 0. The number of hydrogen-bond acceptors (Lipinski definition) is 3. The van der Waals surface area contributed by atoms with Crippen LogP contribution in [0.4, 0.5) is 0 Å². The number of hydrogen-bond donors (Lipinski definition) is 1. The summed E-state index contributed by atoms with van der Waals surface area (Å²) in [5.74, 6) is 2.28. The Kier molecular flexibility index (Phi) is 4.86. The van der Waals surface area contributed by atoms with Gasteiger partial charge in [0.25, 0.3) is 0 Å². The zero-order valence-electron chi connectivity index (χ0n) is 12.7. The molecule has 0 saturated carbocycles. The van der Waals surface area contributed by atoms with E-state index in [-0.39, 0.29) is 12.0 Å². The number of aliphatic hydroxyl groups excluding tert-OH is 1. The summed E-state index contributed by atoms with van der Waals surface area (Å²) in [4.78, 5) is 0. The first-order valence-electron chi connectivity index (χ1n) is 7.09. The Labute approximate surface area is 126 Å². The summed E-state index contributed by atoms with van der Waals surface area (Å²) in [5, 5.41) is 9.95. The van der Waals surface area contributed by atoms with Crippen molar-refractivity contribution in [3.05, 3.63) is 54.6 Å². The van der Waals surface area contributed by atoms with Crippen molar-refractivity contribution in [2.24, 2.45) is 5.41 Å². The van der Waals surface area contributed by atoms with Crippen LogP contribution in [0.1, 0.15) is 20.8 Å². The topological polar surface area (TPSA) is 38.7 Å². The zero-order chi connectivity index (χ0) is 15.3. The van der Waals surface area contributed by atoms with E-state index in [9.17, 15) is 5.11 Å². The summed E-state index contributed by atoms with van der Waals surface area (Å²) < 4.78 is 11.3. The first-order chi connectivity index (χ1) is 9.95. The average molecular weight is 286 g/mol. The van der Waals surface area contributed by atoms with Crippen LogP contribution in [0.5, 0.6) is 17.2 Å². The fourth-order valence-electron chi connectivity index (χ4n) is 1.65. The molecule has 2 rings (SSSR count). The van der Waals surface area contributed by atoms with Gasteiger partial charge in [0.15, 0.2) is 0 Å². The number of rotatable bonds is 5. The predicted octanol–water partition coefficient (Wildman–Crippen LogP) is 4.26. The summed E-state index contributed by atoms with van der Waals surface area (Å²) in [6.07, 6.45) is -0.502. The molecule has 0 spiro atoms. The molecule has 0 bridgehead atoms. The highest BCUT2D eigenvalue weighted by Crippen LogP contribution is 2.24. The van der Waals surface area contributed by atoms with Gasteiger partial charge in [0.05, 0.1) is 6.10 Å². The predicted molar refractivity (Wildman–Crippen MR) is 83.9 cm³/mol. The highest BCUT2D eigenvalue weighted by Gasteiger charge is 2.22. The van der Waals surface area contributed by atoms with E-state index in [1.54, 1.807) is 0 Å². The smallest absolute Gasteiger partial charge is 0.127 e. The van der Waals surface area contributed by atoms with Crippen molar-refractivity contribution < 1.29 is 14.6 Å². The Morgan fingerprint density at radius 1 is 0.857 bits per heavy atom. The average Bonchev–Trinajstić information content (AvgIpc) is 2.46. The van der Waals surface area contributed by atoms with Gasteiger partial charge < -0.3 is 14.6 Å². The summed E-state index contributed by atoms with van der Waals surface area (Å²) in [6, 6.07) is 17.0. The van der Waals surface area contributed by atoms with Gasteiger partial charge >= 0.3 is 0 Å². The maximum atomic E-state index is 9.95. The van der Waals surface area contributed by atoms with Crippen LogP contribution < -0.4 is 9.47 Å². The first kappa shape index (κ1) is 15.4. The van der Waals surface area contributed by atoms with Crippen LogP contribution in [0.3, 0.4) is 0 Å². The summed E-state index contributed by atoms with van der Waals surface area (Å²) in [7, 11) is 0. The van der Waals surface area contributed by atoms with E-state index in [2.05, 4.69) is 0 Å². The van der Waals surface area contributed by atoms with Crippen molar-refractivity contribution in [3.63, 3.8) is 0 Å². The second-order valence-corrected chi connectivity index (χ2v) is 6.08. The molecule has 3 heteroatoms. The van der Waals surface area contributed by atoms with Gasteiger partial charge in [0.1, 0.15) is 23.9 Å². The fourth-order valence-corrected chi connectivity index (χ4v) is 1.65. The minimum Gasteiger partial charge on any atom is -0.491 e. The molecule has 3 nitrogen and oxygen atoms in total. The molecule has 1 N–H and O–H groups in total. The Hall–Kier alpha value is -2.00. The Morgan fingerprint density at radius 2 is 1.38 bits per heavy atom. The van der Waals surface area contributed by atoms with E-state index in [1.807, 2.05) is 75.4 Å². The van der Waals surface area contributed by atoms with Gasteiger partial charge in [-0.2, -0.15) is 0 Å². The number of para-hydroxylation sites is 1. The lowest BCUT2D eigenvalue weighted by atomic mass is 9.90. The maximum absolute atomic E-state index is 9.95. The van der Waals surface area contributed by atoms with Crippen LogP contribution in [-0.4, -0.2) is 17.8 Å². The van der Waals surface area contributed by atoms with E-state index >= 15 is 0 Å². The van der Waals surface area contributed by atoms with Gasteiger partial charge in [-0.3, -0.25) is 0 Å². The van der Waals surface area contributed by atoms with Crippen LogP contribution in [0.15, 0.2) is 54.6 Å². The number of ether oxygens (including phenoxy) is 2. The third-order valence-electron chi connectivity index (χ3n) is 3.21. The van der Waals surface area contributed by atoms with Gasteiger partial charge in [0.2, 0.25) is 0 Å². The lowest BCUT2D eigenvalue weighted by Crippen LogP contribution is -2.31. The first-order valence-corrected chi connectivity index (χ1v) is 7.09. The molecular formula is C18H22O3. The molecule has 1 atom stereocenters. The van der Waals surface area contributed by atoms with E-state index in [1.165, 1.54) is 0 Å². The molecule has 0 saturated heterocycles. The quantitative estimate of drug-likeness (QED) is 0.892. The lowest BCUT2D eigenvalue weighted by Gasteiger charge is -2.25. The molecule has 0 aromatic heterocycles. The van der Waals surface area contributed by atoms with E-state index in [0.29, 0.717) is 0 Å². The largest absolute Gasteiger partial charge is 0.491 e. The molecule has 0 aliphatic heterocycles. The lowest BCUT2D eigenvalue weighted by molar-refractivity contribution is 0.0218. The molecule has 1 unspecified atom stereocenters. The highest BCUT2D eigenvalue weighted by molar-refractivity contribution is 5.35. The molecule has 112 valence electrons. The third-order valence-corrected chi connectivity index (χ3v) is 3.21. The Balaban J connectivity index is 1.90. The molecule has 0 aliphatic carbocycles. The molecule has 2 aromatic carbocycles. The highest BCUT2D eigenvalue weighted by atomic mass is 16.5. The van der Waals surface area contributed by atoms with Gasteiger partial charge in [-0.15, -0.1) is 0 Å². The minimum absolute atomic E-state index is 0.184. The maximum Gasteiger partial charge on any atom is 0.127 e. The SMILES string of the molecule is CC(C)(C)C(O)COc1ccc(Oc2ccccc2)cc1. The summed E-state index contributed by atoms with van der Waals surface area (Å²) in [6.45, 7) is 6.23. The van der Waals surface area contributed by atoms with E-state index in [4.69, 9.17) is 9.47 Å². The fraction of sp³-hybridized carbons (Fsp3) is 0.333. The molecule has 0 radical (unpaired) electrons. The van der Waals surface area contributed by atoms with Crippen LogP contribution in [0, 0.1) is 5.41 Å². The van der Waals surface area contributed by atoms with E-state index in [0.717, 1.165) is 17.2 Å². The van der Waals surface area contributed by atoms with Crippen molar-refractivity contribution in [1.82, 2.24) is 0 Å². The van der Waals surface area contributed by atoms with Crippen molar-refractivity contribution in [1.29, 1.82) is 0 Å². The van der Waals surface area contributed by atoms with Crippen LogP contribution >= 0.6 is 0 Å². The minimum atomic E-state index is -0.502. The van der Waals surface area contributed by atoms with Crippen molar-refractivity contribution in [2.45, 2.75) is 26.9 Å².